The van der Waals surface area contributed by atoms with Crippen molar-refractivity contribution >= 4 is 15.9 Å². The van der Waals surface area contributed by atoms with Crippen LogP contribution >= 0.6 is 15.9 Å². The van der Waals surface area contributed by atoms with Crippen molar-refractivity contribution in [3.63, 3.8) is 0 Å². The summed E-state index contributed by atoms with van der Waals surface area (Å²) in [7, 11) is 0. The maximum absolute atomic E-state index is 10.3. The summed E-state index contributed by atoms with van der Waals surface area (Å²) < 4.78 is 1.07. The zero-order valence-corrected chi connectivity index (χ0v) is 9.92. The molecule has 0 heterocycles. The molecule has 1 aliphatic rings. The van der Waals surface area contributed by atoms with Crippen LogP contribution < -0.4 is 0 Å². The first-order chi connectivity index (χ1) is 6.66. The molecular formula is C12H15BrO. The van der Waals surface area contributed by atoms with Gasteiger partial charge in [-0.1, -0.05) is 41.4 Å². The van der Waals surface area contributed by atoms with Crippen molar-refractivity contribution in [2.45, 2.75) is 31.8 Å². The second kappa shape index (κ2) is 3.67. The van der Waals surface area contributed by atoms with E-state index < -0.39 is 5.60 Å². The predicted octanol–water partition coefficient (Wildman–Crippen LogP) is 3.46. The molecule has 0 aliphatic heterocycles. The molecule has 1 aromatic carbocycles. The van der Waals surface area contributed by atoms with Gasteiger partial charge in [-0.3, -0.25) is 0 Å². The van der Waals surface area contributed by atoms with Crippen molar-refractivity contribution < 1.29 is 5.11 Å². The maximum Gasteiger partial charge on any atom is 0.0929 e. The van der Waals surface area contributed by atoms with Gasteiger partial charge in [-0.15, -0.1) is 0 Å². The summed E-state index contributed by atoms with van der Waals surface area (Å²) in [4.78, 5) is 0. The lowest BCUT2D eigenvalue weighted by Gasteiger charge is -2.10. The molecule has 0 radical (unpaired) electrons. The van der Waals surface area contributed by atoms with Gasteiger partial charge in [0, 0.05) is 4.47 Å². The summed E-state index contributed by atoms with van der Waals surface area (Å²) in [5.41, 5.74) is 0.552. The fourth-order valence-corrected chi connectivity index (χ4v) is 2.36. The molecule has 14 heavy (non-hydrogen) atoms. The van der Waals surface area contributed by atoms with Crippen molar-refractivity contribution in [2.24, 2.45) is 5.92 Å². The molecule has 2 heteroatoms. The van der Waals surface area contributed by atoms with E-state index in [4.69, 9.17) is 0 Å². The van der Waals surface area contributed by atoms with Gasteiger partial charge in [0.25, 0.3) is 0 Å². The highest BCUT2D eigenvalue weighted by Gasteiger charge is 2.52. The highest BCUT2D eigenvalue weighted by Crippen LogP contribution is 2.54. The number of hydrogen-bond acceptors (Lipinski definition) is 1. The van der Waals surface area contributed by atoms with Crippen LogP contribution in [0.4, 0.5) is 0 Å². The van der Waals surface area contributed by atoms with E-state index in [1.807, 2.05) is 24.3 Å². The lowest BCUT2D eigenvalue weighted by molar-refractivity contribution is 0.129. The van der Waals surface area contributed by atoms with Crippen LogP contribution in [0.15, 0.2) is 28.7 Å². The largest absolute Gasteiger partial charge is 0.385 e. The van der Waals surface area contributed by atoms with Gasteiger partial charge in [-0.05, 0) is 36.5 Å². The monoisotopic (exact) mass is 254 g/mol. The number of rotatable bonds is 3. The van der Waals surface area contributed by atoms with Crippen molar-refractivity contribution in [3.05, 3.63) is 34.3 Å². The van der Waals surface area contributed by atoms with Crippen LogP contribution in [0.5, 0.6) is 0 Å². The zero-order valence-electron chi connectivity index (χ0n) is 8.33. The molecule has 1 aromatic rings. The van der Waals surface area contributed by atoms with Crippen molar-refractivity contribution in [2.75, 3.05) is 0 Å². The average Bonchev–Trinajstić information content (AvgIpc) is 2.80. The Morgan fingerprint density at radius 2 is 2.07 bits per heavy atom. The molecule has 1 saturated carbocycles. The molecule has 0 bridgehead atoms. The third-order valence-corrected chi connectivity index (χ3v) is 3.58. The highest BCUT2D eigenvalue weighted by atomic mass is 79.9. The molecule has 1 N–H and O–H groups in total. The maximum atomic E-state index is 10.3. The molecule has 1 nitrogen and oxygen atoms in total. The third kappa shape index (κ3) is 1.73. The lowest BCUT2D eigenvalue weighted by atomic mass is 10.0. The van der Waals surface area contributed by atoms with Gasteiger partial charge in [-0.2, -0.15) is 0 Å². The quantitative estimate of drug-likeness (QED) is 0.876. The number of aliphatic hydroxyl groups is 1. The first kappa shape index (κ1) is 10.2. The summed E-state index contributed by atoms with van der Waals surface area (Å²) >= 11 is 3.40. The first-order valence-corrected chi connectivity index (χ1v) is 5.94. The minimum absolute atomic E-state index is 0.480. The standard InChI is InChI=1S/C12H15BrO/c1-2-3-10-8-12(10,14)9-4-6-11(13)7-5-9/h4-7,10,14H,2-3,8H2,1H3. The first-order valence-electron chi connectivity index (χ1n) is 5.15. The fraction of sp³-hybridized carbons (Fsp3) is 0.500. The minimum atomic E-state index is -0.517. The van der Waals surface area contributed by atoms with Crippen LogP contribution in [0.3, 0.4) is 0 Å². The molecular weight excluding hydrogens is 240 g/mol. The van der Waals surface area contributed by atoms with E-state index in [1.54, 1.807) is 0 Å². The molecule has 0 amide bonds. The van der Waals surface area contributed by atoms with E-state index in [0.29, 0.717) is 5.92 Å². The van der Waals surface area contributed by atoms with Crippen molar-refractivity contribution in [1.82, 2.24) is 0 Å². The number of halogens is 1. The molecule has 0 saturated heterocycles. The van der Waals surface area contributed by atoms with Crippen LogP contribution in [0.25, 0.3) is 0 Å². The highest BCUT2D eigenvalue weighted by molar-refractivity contribution is 9.10. The smallest absolute Gasteiger partial charge is 0.0929 e. The SMILES string of the molecule is CCCC1CC1(O)c1ccc(Br)cc1. The fourth-order valence-electron chi connectivity index (χ4n) is 2.10. The van der Waals surface area contributed by atoms with Gasteiger partial charge < -0.3 is 5.11 Å². The molecule has 0 aromatic heterocycles. The van der Waals surface area contributed by atoms with Gasteiger partial charge in [0.2, 0.25) is 0 Å². The molecule has 2 rings (SSSR count). The topological polar surface area (TPSA) is 20.2 Å². The van der Waals surface area contributed by atoms with Gasteiger partial charge in [0.1, 0.15) is 0 Å². The van der Waals surface area contributed by atoms with Crippen LogP contribution in [0, 0.1) is 5.92 Å². The summed E-state index contributed by atoms with van der Waals surface area (Å²) in [6.45, 7) is 2.17. The molecule has 2 atom stereocenters. The van der Waals surface area contributed by atoms with Crippen molar-refractivity contribution in [1.29, 1.82) is 0 Å². The number of hydrogen-bond donors (Lipinski definition) is 1. The Hall–Kier alpha value is -0.340. The van der Waals surface area contributed by atoms with Crippen LogP contribution in [-0.4, -0.2) is 5.11 Å². The summed E-state index contributed by atoms with van der Waals surface area (Å²) in [6, 6.07) is 8.02. The Labute approximate surface area is 93.3 Å². The van der Waals surface area contributed by atoms with Gasteiger partial charge in [-0.25, -0.2) is 0 Å². The molecule has 76 valence electrons. The molecule has 1 aliphatic carbocycles. The molecule has 0 spiro atoms. The third-order valence-electron chi connectivity index (χ3n) is 3.05. The average molecular weight is 255 g/mol. The van der Waals surface area contributed by atoms with Gasteiger partial charge in [0.15, 0.2) is 0 Å². The van der Waals surface area contributed by atoms with E-state index in [9.17, 15) is 5.11 Å². The summed E-state index contributed by atoms with van der Waals surface area (Å²) in [5, 5.41) is 10.3. The predicted molar refractivity (Wildman–Crippen MR) is 61.1 cm³/mol. The van der Waals surface area contributed by atoms with Crippen LogP contribution in [-0.2, 0) is 5.60 Å². The van der Waals surface area contributed by atoms with Gasteiger partial charge in [0.05, 0.1) is 5.60 Å². The Balaban J connectivity index is 2.13. The second-order valence-corrected chi connectivity index (χ2v) is 5.04. The van der Waals surface area contributed by atoms with Crippen LogP contribution in [0.2, 0.25) is 0 Å². The Morgan fingerprint density at radius 1 is 1.43 bits per heavy atom. The molecule has 1 fully saturated rings. The van der Waals surface area contributed by atoms with Crippen molar-refractivity contribution in [3.8, 4) is 0 Å². The van der Waals surface area contributed by atoms with E-state index in [1.165, 1.54) is 0 Å². The van der Waals surface area contributed by atoms with Crippen LogP contribution in [0.1, 0.15) is 31.7 Å². The summed E-state index contributed by atoms with van der Waals surface area (Å²) in [6.07, 6.45) is 3.22. The minimum Gasteiger partial charge on any atom is -0.385 e. The van der Waals surface area contributed by atoms with E-state index >= 15 is 0 Å². The molecule has 2 unspecified atom stereocenters. The Morgan fingerprint density at radius 3 is 2.64 bits per heavy atom. The van der Waals surface area contributed by atoms with E-state index in [2.05, 4.69) is 22.9 Å². The lowest BCUT2D eigenvalue weighted by Crippen LogP contribution is -2.08. The van der Waals surface area contributed by atoms with E-state index in [0.717, 1.165) is 29.3 Å². The summed E-state index contributed by atoms with van der Waals surface area (Å²) in [5.74, 6) is 0.480. The normalized spacial score (nSPS) is 30.4. The Kier molecular flexibility index (Phi) is 2.67. The zero-order chi connectivity index (χ0) is 10.2. The van der Waals surface area contributed by atoms with E-state index in [-0.39, 0.29) is 0 Å². The second-order valence-electron chi connectivity index (χ2n) is 4.12. The van der Waals surface area contributed by atoms with Gasteiger partial charge >= 0.3 is 0 Å². The Bertz CT molecular complexity index is 320. The number of benzene rings is 1.